The van der Waals surface area contributed by atoms with E-state index in [1.807, 2.05) is 43.3 Å². The first-order valence-corrected chi connectivity index (χ1v) is 10.9. The number of allylic oxidation sites excluding steroid dienone is 1. The third-order valence-corrected chi connectivity index (χ3v) is 6.80. The number of carbonyl (C=O) groups is 1. The van der Waals surface area contributed by atoms with Crippen molar-refractivity contribution in [2.75, 3.05) is 0 Å². The molecule has 3 aromatic rings. The van der Waals surface area contributed by atoms with Gasteiger partial charge in [-0.15, -0.1) is 17.9 Å². The zero-order valence-corrected chi connectivity index (χ0v) is 17.2. The minimum Gasteiger partial charge on any atom is -0.352 e. The number of hydrogen-bond donors (Lipinski definition) is 1. The van der Waals surface area contributed by atoms with E-state index in [9.17, 15) is 9.59 Å². The molecule has 4 rings (SSSR count). The number of aromatic nitrogens is 2. The first-order chi connectivity index (χ1) is 13.6. The van der Waals surface area contributed by atoms with E-state index in [1.165, 1.54) is 23.1 Å². The smallest absolute Gasteiger partial charge is 0.272 e. The van der Waals surface area contributed by atoms with Crippen LogP contribution in [0.4, 0.5) is 0 Å². The summed E-state index contributed by atoms with van der Waals surface area (Å²) in [4.78, 5) is 31.2. The van der Waals surface area contributed by atoms with Gasteiger partial charge >= 0.3 is 0 Å². The van der Waals surface area contributed by atoms with Crippen LogP contribution in [0.3, 0.4) is 0 Å². The monoisotopic (exact) mass is 411 g/mol. The lowest BCUT2D eigenvalue weighted by Gasteiger charge is -2.14. The van der Waals surface area contributed by atoms with Gasteiger partial charge in [0.05, 0.1) is 10.8 Å². The maximum atomic E-state index is 13.1. The third kappa shape index (κ3) is 3.91. The van der Waals surface area contributed by atoms with E-state index in [0.29, 0.717) is 28.0 Å². The summed E-state index contributed by atoms with van der Waals surface area (Å²) >= 11 is 2.77. The lowest BCUT2D eigenvalue weighted by atomic mass is 10.2. The van der Waals surface area contributed by atoms with Crippen molar-refractivity contribution in [3.05, 3.63) is 59.4 Å². The summed E-state index contributed by atoms with van der Waals surface area (Å²) < 4.78 is 2.23. The summed E-state index contributed by atoms with van der Waals surface area (Å²) in [7, 11) is 0. The molecule has 0 spiro atoms. The number of thioether (sulfide) groups is 1. The molecule has 7 heteroatoms. The molecule has 2 aromatic heterocycles. The third-order valence-electron chi connectivity index (χ3n) is 4.54. The molecule has 5 nitrogen and oxygen atoms in total. The number of nitrogens with one attached hydrogen (secondary N) is 1. The average molecular weight is 412 g/mol. The number of hydrogen-bond acceptors (Lipinski definition) is 5. The van der Waals surface area contributed by atoms with Crippen LogP contribution in [0.1, 0.15) is 19.8 Å². The highest BCUT2D eigenvalue weighted by Crippen LogP contribution is 2.32. The number of fused-ring (bicyclic) bond motifs is 1. The Labute approximate surface area is 171 Å². The quantitative estimate of drug-likeness (QED) is 0.362. The van der Waals surface area contributed by atoms with Gasteiger partial charge in [-0.3, -0.25) is 14.2 Å². The molecule has 1 fully saturated rings. The Morgan fingerprint density at radius 2 is 2.18 bits per heavy atom. The predicted octanol–water partition coefficient (Wildman–Crippen LogP) is 4.07. The maximum absolute atomic E-state index is 13.1. The van der Waals surface area contributed by atoms with Crippen molar-refractivity contribution in [3.63, 3.8) is 0 Å². The lowest BCUT2D eigenvalue weighted by Crippen LogP contribution is -2.33. The number of nitrogens with zero attached hydrogens (tertiary/aromatic N) is 2. The van der Waals surface area contributed by atoms with Gasteiger partial charge in [-0.25, -0.2) is 4.98 Å². The van der Waals surface area contributed by atoms with Crippen molar-refractivity contribution < 1.29 is 4.79 Å². The topological polar surface area (TPSA) is 64.0 Å². The number of thiophene rings is 1. The van der Waals surface area contributed by atoms with Crippen LogP contribution in [0.2, 0.25) is 0 Å². The van der Waals surface area contributed by atoms with E-state index >= 15 is 0 Å². The molecule has 1 atom stereocenters. The molecule has 0 aliphatic heterocycles. The molecule has 1 aliphatic carbocycles. The largest absolute Gasteiger partial charge is 0.352 e. The molecule has 2 heterocycles. The average Bonchev–Trinajstić information content (AvgIpc) is 3.41. The van der Waals surface area contributed by atoms with Crippen molar-refractivity contribution in [2.45, 2.75) is 42.8 Å². The molecule has 1 N–H and O–H groups in total. The second kappa shape index (κ2) is 7.93. The summed E-state index contributed by atoms with van der Waals surface area (Å²) in [5, 5.41) is 3.23. The van der Waals surface area contributed by atoms with Crippen molar-refractivity contribution in [2.24, 2.45) is 0 Å². The standard InChI is InChI=1S/C21H21N3O2S2/c1-3-11-24-20(26)18-16(12-17(28-18)14-7-5-4-6-8-14)23-21(24)27-13(2)19(25)22-15-9-10-15/h3-8,12-13,15H,1,9-11H2,2H3,(H,22,25)/t13-/m0/s1. The van der Waals surface area contributed by atoms with Crippen molar-refractivity contribution >= 4 is 39.2 Å². The van der Waals surface area contributed by atoms with Gasteiger partial charge < -0.3 is 5.32 Å². The Hall–Kier alpha value is -2.38. The summed E-state index contributed by atoms with van der Waals surface area (Å²) in [6, 6.07) is 12.2. The predicted molar refractivity (Wildman–Crippen MR) is 116 cm³/mol. The van der Waals surface area contributed by atoms with Gasteiger partial charge in [0.25, 0.3) is 5.56 Å². The molecule has 1 aliphatic rings. The van der Waals surface area contributed by atoms with Gasteiger partial charge in [-0.05, 0) is 31.4 Å². The molecule has 0 unspecified atom stereocenters. The SMILES string of the molecule is C=CCn1c(S[C@@H](C)C(=O)NC2CC2)nc2cc(-c3ccccc3)sc2c1=O. The van der Waals surface area contributed by atoms with Gasteiger partial charge in [-0.1, -0.05) is 48.2 Å². The molecular formula is C21H21N3O2S2. The summed E-state index contributed by atoms with van der Waals surface area (Å²) in [6.45, 7) is 5.97. The lowest BCUT2D eigenvalue weighted by molar-refractivity contribution is -0.120. The van der Waals surface area contributed by atoms with Gasteiger partial charge in [0.2, 0.25) is 5.91 Å². The van der Waals surface area contributed by atoms with Crippen LogP contribution in [-0.4, -0.2) is 26.8 Å². The van der Waals surface area contributed by atoms with Crippen LogP contribution in [0.25, 0.3) is 20.7 Å². The van der Waals surface area contributed by atoms with Crippen LogP contribution in [0.5, 0.6) is 0 Å². The van der Waals surface area contributed by atoms with E-state index in [0.717, 1.165) is 23.3 Å². The van der Waals surface area contributed by atoms with Crippen LogP contribution in [0.15, 0.2) is 59.0 Å². The van der Waals surface area contributed by atoms with Crippen LogP contribution < -0.4 is 10.9 Å². The van der Waals surface area contributed by atoms with Gasteiger partial charge in [0.15, 0.2) is 5.16 Å². The Morgan fingerprint density at radius 1 is 1.43 bits per heavy atom. The Kier molecular flexibility index (Phi) is 5.37. The fraction of sp³-hybridized carbons (Fsp3) is 0.286. The van der Waals surface area contributed by atoms with Crippen LogP contribution >= 0.6 is 23.1 Å². The molecule has 144 valence electrons. The first-order valence-electron chi connectivity index (χ1n) is 9.24. The van der Waals surface area contributed by atoms with Crippen molar-refractivity contribution in [1.29, 1.82) is 0 Å². The molecule has 28 heavy (non-hydrogen) atoms. The maximum Gasteiger partial charge on any atom is 0.272 e. The molecule has 0 radical (unpaired) electrons. The Balaban J connectivity index is 1.72. The number of rotatable bonds is 7. The Bertz CT molecular complexity index is 1080. The molecule has 1 aromatic carbocycles. The molecule has 0 saturated heterocycles. The molecule has 0 bridgehead atoms. The minimum atomic E-state index is -0.326. The van der Waals surface area contributed by atoms with Gasteiger partial charge in [-0.2, -0.15) is 0 Å². The van der Waals surface area contributed by atoms with E-state index < -0.39 is 0 Å². The zero-order valence-electron chi connectivity index (χ0n) is 15.6. The second-order valence-electron chi connectivity index (χ2n) is 6.83. The highest BCUT2D eigenvalue weighted by Gasteiger charge is 2.27. The van der Waals surface area contributed by atoms with Crippen LogP contribution in [-0.2, 0) is 11.3 Å². The van der Waals surface area contributed by atoms with E-state index in [1.54, 1.807) is 10.6 Å². The molecule has 1 amide bonds. The minimum absolute atomic E-state index is 0.0118. The van der Waals surface area contributed by atoms with Crippen LogP contribution in [0, 0.1) is 0 Å². The Morgan fingerprint density at radius 3 is 2.86 bits per heavy atom. The second-order valence-corrected chi connectivity index (χ2v) is 9.19. The van der Waals surface area contributed by atoms with E-state index in [2.05, 4.69) is 11.9 Å². The van der Waals surface area contributed by atoms with Crippen molar-refractivity contribution in [1.82, 2.24) is 14.9 Å². The highest BCUT2D eigenvalue weighted by molar-refractivity contribution is 8.00. The molecule has 1 saturated carbocycles. The highest BCUT2D eigenvalue weighted by atomic mass is 32.2. The number of amides is 1. The van der Waals surface area contributed by atoms with Gasteiger partial charge in [0.1, 0.15) is 4.70 Å². The summed E-state index contributed by atoms with van der Waals surface area (Å²) in [6.07, 6.45) is 3.77. The number of benzene rings is 1. The number of carbonyl (C=O) groups excluding carboxylic acids is 1. The normalized spacial score (nSPS) is 14.8. The van der Waals surface area contributed by atoms with E-state index in [-0.39, 0.29) is 16.7 Å². The van der Waals surface area contributed by atoms with E-state index in [4.69, 9.17) is 4.98 Å². The summed E-state index contributed by atoms with van der Waals surface area (Å²) in [5.74, 6) is -0.0118. The fourth-order valence-electron chi connectivity index (χ4n) is 2.87. The summed E-state index contributed by atoms with van der Waals surface area (Å²) in [5.41, 5.74) is 1.65. The zero-order chi connectivity index (χ0) is 19.7. The van der Waals surface area contributed by atoms with Gasteiger partial charge in [0, 0.05) is 17.5 Å². The van der Waals surface area contributed by atoms with Crippen molar-refractivity contribution in [3.8, 4) is 10.4 Å². The fourth-order valence-corrected chi connectivity index (χ4v) is 4.85. The first kappa shape index (κ1) is 19.0. The molecular weight excluding hydrogens is 390 g/mol.